The third-order valence-corrected chi connectivity index (χ3v) is 3.97. The van der Waals surface area contributed by atoms with Crippen LogP contribution in [-0.2, 0) is 22.3 Å². The van der Waals surface area contributed by atoms with Crippen LogP contribution in [0.25, 0.3) is 0 Å². The molecule has 0 spiro atoms. The van der Waals surface area contributed by atoms with Gasteiger partial charge >= 0.3 is 6.09 Å². The zero-order valence-electron chi connectivity index (χ0n) is 12.8. The lowest BCUT2D eigenvalue weighted by atomic mass is 10.1. The average molecular weight is 303 g/mol. The van der Waals surface area contributed by atoms with Gasteiger partial charge in [-0.1, -0.05) is 12.1 Å². The number of hydrogen-bond acceptors (Lipinski definition) is 5. The highest BCUT2D eigenvalue weighted by Gasteiger charge is 2.26. The van der Waals surface area contributed by atoms with Crippen LogP contribution in [0.1, 0.15) is 17.5 Å². The van der Waals surface area contributed by atoms with Gasteiger partial charge in [0.1, 0.15) is 6.61 Å². The van der Waals surface area contributed by atoms with E-state index in [-0.39, 0.29) is 12.7 Å². The largest absolute Gasteiger partial charge is 0.447 e. The molecule has 1 heterocycles. The molecular formula is C16H21N3O3. The van der Waals surface area contributed by atoms with Crippen molar-refractivity contribution < 1.29 is 14.3 Å². The number of aliphatic imine (C=N–C) groups is 1. The summed E-state index contributed by atoms with van der Waals surface area (Å²) in [7, 11) is 1.58. The van der Waals surface area contributed by atoms with Crippen LogP contribution < -0.4 is 5.32 Å². The van der Waals surface area contributed by atoms with Crippen molar-refractivity contribution in [2.45, 2.75) is 19.3 Å². The Labute approximate surface area is 130 Å². The molecule has 22 heavy (non-hydrogen) atoms. The van der Waals surface area contributed by atoms with Gasteiger partial charge in [0.25, 0.3) is 0 Å². The highest BCUT2D eigenvalue weighted by Crippen LogP contribution is 2.29. The van der Waals surface area contributed by atoms with Gasteiger partial charge in [-0.05, 0) is 36.5 Å². The lowest BCUT2D eigenvalue weighted by Gasteiger charge is -2.20. The van der Waals surface area contributed by atoms with E-state index in [9.17, 15) is 4.79 Å². The Morgan fingerprint density at radius 1 is 1.36 bits per heavy atom. The number of aryl methyl sites for hydroxylation is 1. The topological polar surface area (TPSA) is 63.2 Å². The van der Waals surface area contributed by atoms with E-state index in [1.807, 2.05) is 12.1 Å². The van der Waals surface area contributed by atoms with Gasteiger partial charge in [-0.3, -0.25) is 4.99 Å². The number of carbonyl (C=O) groups is 1. The highest BCUT2D eigenvalue weighted by atomic mass is 16.6. The predicted octanol–water partition coefficient (Wildman–Crippen LogP) is 2.04. The van der Waals surface area contributed by atoms with E-state index in [4.69, 9.17) is 9.47 Å². The maximum atomic E-state index is 12.1. The summed E-state index contributed by atoms with van der Waals surface area (Å²) in [5, 5.41) is 3.31. The molecule has 0 saturated heterocycles. The molecule has 0 bridgehead atoms. The molecule has 0 unspecified atom stereocenters. The van der Waals surface area contributed by atoms with Crippen LogP contribution in [0.5, 0.6) is 0 Å². The third-order valence-electron chi connectivity index (χ3n) is 3.97. The number of anilines is 1. The number of nitrogens with zero attached hydrogens (tertiary/aromatic N) is 2. The molecule has 6 heteroatoms. The number of carbonyl (C=O) groups excluding carboxylic acids is 1. The van der Waals surface area contributed by atoms with Gasteiger partial charge < -0.3 is 14.8 Å². The summed E-state index contributed by atoms with van der Waals surface area (Å²) in [6.45, 7) is 1.78. The molecular weight excluding hydrogens is 282 g/mol. The first-order valence-corrected chi connectivity index (χ1v) is 7.65. The fourth-order valence-corrected chi connectivity index (χ4v) is 2.88. The standard InChI is InChI=1S/C16H21N3O3/c1-21-10-11-22-16(20)19-9-8-17-15(19)18-14-7-3-5-12-4-2-6-13(12)14/h3,5,7H,2,4,6,8-11H2,1H3,(H,17,18). The molecule has 1 amide bonds. The molecule has 1 aromatic carbocycles. The Bertz CT molecular complexity index is 586. The van der Waals surface area contributed by atoms with Crippen LogP contribution in [0.3, 0.4) is 0 Å². The van der Waals surface area contributed by atoms with Gasteiger partial charge in [-0.25, -0.2) is 9.69 Å². The van der Waals surface area contributed by atoms with E-state index in [1.165, 1.54) is 17.5 Å². The number of hydrogen-bond donors (Lipinski definition) is 1. The van der Waals surface area contributed by atoms with Crippen LogP contribution in [0.4, 0.5) is 10.5 Å². The molecule has 2 aliphatic rings. The van der Waals surface area contributed by atoms with Crippen molar-refractivity contribution in [3.8, 4) is 0 Å². The molecule has 0 aromatic heterocycles. The van der Waals surface area contributed by atoms with Crippen LogP contribution in [0.15, 0.2) is 23.2 Å². The Kier molecular flexibility index (Phi) is 4.58. The Balaban J connectivity index is 1.67. The number of rotatable bonds is 4. The lowest BCUT2D eigenvalue weighted by molar-refractivity contribution is 0.0858. The number of fused-ring (bicyclic) bond motifs is 1. The number of amides is 1. The van der Waals surface area contributed by atoms with E-state index in [0.29, 0.717) is 25.7 Å². The van der Waals surface area contributed by atoms with Gasteiger partial charge in [0.05, 0.1) is 19.7 Å². The Morgan fingerprint density at radius 2 is 2.27 bits per heavy atom. The minimum absolute atomic E-state index is 0.250. The first-order valence-electron chi connectivity index (χ1n) is 7.65. The third kappa shape index (κ3) is 3.06. The predicted molar refractivity (Wildman–Crippen MR) is 84.3 cm³/mol. The number of guanidine groups is 1. The second kappa shape index (κ2) is 6.79. The summed E-state index contributed by atoms with van der Waals surface area (Å²) in [5.41, 5.74) is 3.77. The maximum absolute atomic E-state index is 12.1. The summed E-state index contributed by atoms with van der Waals surface area (Å²) in [6, 6.07) is 6.25. The first kappa shape index (κ1) is 14.8. The number of nitrogens with one attached hydrogen (secondary N) is 1. The number of benzene rings is 1. The van der Waals surface area contributed by atoms with Crippen molar-refractivity contribution in [3.05, 3.63) is 29.3 Å². The Hall–Kier alpha value is -2.08. The van der Waals surface area contributed by atoms with Crippen molar-refractivity contribution in [1.29, 1.82) is 0 Å². The van der Waals surface area contributed by atoms with Gasteiger partial charge in [-0.15, -0.1) is 0 Å². The summed E-state index contributed by atoms with van der Waals surface area (Å²) in [6.07, 6.45) is 3.00. The molecule has 0 radical (unpaired) electrons. The fraction of sp³-hybridized carbons (Fsp3) is 0.500. The molecule has 1 aliphatic heterocycles. The molecule has 118 valence electrons. The van der Waals surface area contributed by atoms with Crippen molar-refractivity contribution in [2.24, 2.45) is 4.99 Å². The van der Waals surface area contributed by atoms with Crippen molar-refractivity contribution in [2.75, 3.05) is 38.7 Å². The van der Waals surface area contributed by atoms with Gasteiger partial charge in [0, 0.05) is 12.8 Å². The normalized spacial score (nSPS) is 16.4. The molecule has 0 atom stereocenters. The summed E-state index contributed by atoms with van der Waals surface area (Å²) < 4.78 is 10.1. The number of methoxy groups -OCH3 is 1. The van der Waals surface area contributed by atoms with Crippen molar-refractivity contribution in [1.82, 2.24) is 4.90 Å². The zero-order valence-corrected chi connectivity index (χ0v) is 12.8. The SMILES string of the molecule is COCCOC(=O)N1CCN=C1Nc1cccc2c1CCC2. The van der Waals surface area contributed by atoms with E-state index in [2.05, 4.69) is 16.4 Å². The Morgan fingerprint density at radius 3 is 3.14 bits per heavy atom. The molecule has 1 aliphatic carbocycles. The quantitative estimate of drug-likeness (QED) is 0.865. The maximum Gasteiger partial charge on any atom is 0.416 e. The van der Waals surface area contributed by atoms with Crippen LogP contribution in [-0.4, -0.2) is 50.4 Å². The van der Waals surface area contributed by atoms with E-state index < -0.39 is 0 Å². The van der Waals surface area contributed by atoms with Crippen molar-refractivity contribution >= 4 is 17.7 Å². The van der Waals surface area contributed by atoms with Crippen LogP contribution in [0.2, 0.25) is 0 Å². The summed E-state index contributed by atoms with van der Waals surface area (Å²) in [4.78, 5) is 18.0. The van der Waals surface area contributed by atoms with E-state index >= 15 is 0 Å². The average Bonchev–Trinajstić information content (AvgIpc) is 3.16. The lowest BCUT2D eigenvalue weighted by Crippen LogP contribution is -2.39. The molecule has 0 fully saturated rings. The minimum Gasteiger partial charge on any atom is -0.447 e. The molecule has 6 nitrogen and oxygen atoms in total. The first-order chi connectivity index (χ1) is 10.8. The highest BCUT2D eigenvalue weighted by molar-refractivity contribution is 6.03. The second-order valence-electron chi connectivity index (χ2n) is 5.39. The zero-order chi connectivity index (χ0) is 15.4. The second-order valence-corrected chi connectivity index (χ2v) is 5.39. The molecule has 1 N–H and O–H groups in total. The number of ether oxygens (including phenoxy) is 2. The molecule has 3 rings (SSSR count). The van der Waals surface area contributed by atoms with E-state index in [0.717, 1.165) is 18.5 Å². The van der Waals surface area contributed by atoms with Gasteiger partial charge in [0.2, 0.25) is 5.96 Å². The van der Waals surface area contributed by atoms with Crippen molar-refractivity contribution in [3.63, 3.8) is 0 Å². The van der Waals surface area contributed by atoms with Crippen LogP contribution >= 0.6 is 0 Å². The monoisotopic (exact) mass is 303 g/mol. The summed E-state index contributed by atoms with van der Waals surface area (Å²) in [5.74, 6) is 0.572. The van der Waals surface area contributed by atoms with E-state index in [1.54, 1.807) is 12.0 Å². The van der Waals surface area contributed by atoms with Crippen LogP contribution in [0, 0.1) is 0 Å². The van der Waals surface area contributed by atoms with Gasteiger partial charge in [-0.2, -0.15) is 0 Å². The fourth-order valence-electron chi connectivity index (χ4n) is 2.88. The summed E-state index contributed by atoms with van der Waals surface area (Å²) >= 11 is 0. The minimum atomic E-state index is -0.381. The van der Waals surface area contributed by atoms with Gasteiger partial charge in [0.15, 0.2) is 0 Å². The smallest absolute Gasteiger partial charge is 0.416 e. The molecule has 0 saturated carbocycles. The molecule has 1 aromatic rings.